The monoisotopic (exact) mass is 258 g/mol. The number of hydrogen-bond acceptors (Lipinski definition) is 2. The van der Waals surface area contributed by atoms with E-state index in [1.807, 2.05) is 0 Å². The molecule has 1 fully saturated rings. The highest BCUT2D eigenvalue weighted by Crippen LogP contribution is 2.36. The lowest BCUT2D eigenvalue weighted by Gasteiger charge is -2.41. The Hall–Kier alpha value is -0.860. The summed E-state index contributed by atoms with van der Waals surface area (Å²) in [5, 5.41) is 3.31. The molecule has 2 heteroatoms. The molecule has 0 bridgehead atoms. The fourth-order valence-electron chi connectivity index (χ4n) is 3.75. The Balaban J connectivity index is 1.59. The third kappa shape index (κ3) is 2.85. The fourth-order valence-corrected chi connectivity index (χ4v) is 3.75. The van der Waals surface area contributed by atoms with E-state index < -0.39 is 0 Å². The van der Waals surface area contributed by atoms with Crippen molar-refractivity contribution in [3.05, 3.63) is 35.4 Å². The molecule has 2 unspecified atom stereocenters. The highest BCUT2D eigenvalue weighted by molar-refractivity contribution is 5.40. The molecule has 1 aromatic carbocycles. The molecule has 0 saturated carbocycles. The summed E-state index contributed by atoms with van der Waals surface area (Å²) in [4.78, 5) is 2.77. The average molecular weight is 258 g/mol. The van der Waals surface area contributed by atoms with E-state index in [4.69, 9.17) is 0 Å². The number of fused-ring (bicyclic) bond motifs is 1. The van der Waals surface area contributed by atoms with E-state index in [0.717, 1.165) is 18.5 Å². The molecule has 19 heavy (non-hydrogen) atoms. The number of rotatable bonds is 5. The first-order valence-corrected chi connectivity index (χ1v) is 7.85. The molecular weight excluding hydrogens is 232 g/mol. The van der Waals surface area contributed by atoms with Crippen molar-refractivity contribution in [2.75, 3.05) is 26.7 Å². The van der Waals surface area contributed by atoms with Gasteiger partial charge in [0.05, 0.1) is 0 Å². The van der Waals surface area contributed by atoms with Gasteiger partial charge < -0.3 is 5.32 Å². The van der Waals surface area contributed by atoms with Gasteiger partial charge >= 0.3 is 0 Å². The molecule has 2 atom stereocenters. The van der Waals surface area contributed by atoms with E-state index in [1.54, 1.807) is 11.1 Å². The third-order valence-electron chi connectivity index (χ3n) is 4.89. The summed E-state index contributed by atoms with van der Waals surface area (Å²) in [6, 6.07) is 9.80. The van der Waals surface area contributed by atoms with E-state index in [2.05, 4.69) is 41.5 Å². The van der Waals surface area contributed by atoms with E-state index >= 15 is 0 Å². The number of nitrogens with zero attached hydrogens (tertiary/aromatic N) is 1. The predicted octanol–water partition coefficient (Wildman–Crippen LogP) is 2.79. The molecule has 1 heterocycles. The molecule has 2 aliphatic rings. The summed E-state index contributed by atoms with van der Waals surface area (Å²) < 4.78 is 0. The fraction of sp³-hybridized carbons (Fsp3) is 0.647. The van der Waals surface area contributed by atoms with Gasteiger partial charge in [-0.3, -0.25) is 4.90 Å². The highest BCUT2D eigenvalue weighted by Gasteiger charge is 2.30. The number of likely N-dealkylation sites (tertiary alicyclic amines) is 1. The molecule has 2 nitrogen and oxygen atoms in total. The van der Waals surface area contributed by atoms with Crippen LogP contribution >= 0.6 is 0 Å². The van der Waals surface area contributed by atoms with Gasteiger partial charge in [-0.05, 0) is 56.9 Å². The molecule has 1 N–H and O–H groups in total. The molecule has 3 rings (SSSR count). The minimum absolute atomic E-state index is 0.798. The zero-order valence-corrected chi connectivity index (χ0v) is 12.1. The molecule has 0 amide bonds. The summed E-state index contributed by atoms with van der Waals surface area (Å²) in [5.74, 6) is 0.798. The highest BCUT2D eigenvalue weighted by atomic mass is 15.2. The van der Waals surface area contributed by atoms with Crippen molar-refractivity contribution in [2.45, 2.75) is 44.1 Å². The molecule has 0 spiro atoms. The van der Waals surface area contributed by atoms with E-state index in [-0.39, 0.29) is 0 Å². The van der Waals surface area contributed by atoms with E-state index in [1.165, 1.54) is 45.2 Å². The van der Waals surface area contributed by atoms with Crippen LogP contribution < -0.4 is 5.32 Å². The first kappa shape index (κ1) is 13.1. The van der Waals surface area contributed by atoms with Gasteiger partial charge in [0, 0.05) is 18.5 Å². The van der Waals surface area contributed by atoms with Crippen molar-refractivity contribution in [1.29, 1.82) is 0 Å². The Morgan fingerprint density at radius 1 is 1.26 bits per heavy atom. The van der Waals surface area contributed by atoms with Crippen LogP contribution in [0.25, 0.3) is 0 Å². The Kier molecular flexibility index (Phi) is 4.19. The molecule has 0 radical (unpaired) electrons. The van der Waals surface area contributed by atoms with Gasteiger partial charge in [0.1, 0.15) is 0 Å². The van der Waals surface area contributed by atoms with Gasteiger partial charge in [-0.15, -0.1) is 0 Å². The van der Waals surface area contributed by atoms with E-state index in [9.17, 15) is 0 Å². The van der Waals surface area contributed by atoms with Crippen molar-refractivity contribution in [3.8, 4) is 0 Å². The number of benzene rings is 1. The molecule has 0 aromatic heterocycles. The number of hydrogen-bond donors (Lipinski definition) is 1. The summed E-state index contributed by atoms with van der Waals surface area (Å²) >= 11 is 0. The van der Waals surface area contributed by atoms with Crippen LogP contribution in [0.5, 0.6) is 0 Å². The van der Waals surface area contributed by atoms with Gasteiger partial charge in [0.25, 0.3) is 0 Å². The minimum Gasteiger partial charge on any atom is -0.320 e. The predicted molar refractivity (Wildman–Crippen MR) is 80.6 cm³/mol. The number of nitrogens with one attached hydrogen (secondary N) is 1. The zero-order chi connectivity index (χ0) is 13.1. The van der Waals surface area contributed by atoms with Crippen LogP contribution in [0.1, 0.15) is 42.7 Å². The average Bonchev–Trinajstić information content (AvgIpc) is 2.43. The van der Waals surface area contributed by atoms with Crippen molar-refractivity contribution < 1.29 is 0 Å². The van der Waals surface area contributed by atoms with Crippen LogP contribution in [0.3, 0.4) is 0 Å². The quantitative estimate of drug-likeness (QED) is 0.873. The lowest BCUT2D eigenvalue weighted by Crippen LogP contribution is -2.44. The van der Waals surface area contributed by atoms with Crippen molar-refractivity contribution in [3.63, 3.8) is 0 Å². The van der Waals surface area contributed by atoms with Crippen LogP contribution in [0.4, 0.5) is 0 Å². The summed E-state index contributed by atoms with van der Waals surface area (Å²) in [6.07, 6.45) is 6.82. The summed E-state index contributed by atoms with van der Waals surface area (Å²) in [6.45, 7) is 3.75. The van der Waals surface area contributed by atoms with Crippen LogP contribution in [0, 0.1) is 0 Å². The normalized spacial score (nSPS) is 26.8. The first-order valence-electron chi connectivity index (χ1n) is 7.85. The van der Waals surface area contributed by atoms with Crippen LogP contribution in [-0.4, -0.2) is 37.6 Å². The Labute approximate surface area is 117 Å². The SMILES string of the molecule is CNCCC1CCCCN1CC1Cc2ccccc21. The summed E-state index contributed by atoms with van der Waals surface area (Å²) in [7, 11) is 2.06. The first-order chi connectivity index (χ1) is 9.38. The summed E-state index contributed by atoms with van der Waals surface area (Å²) in [5.41, 5.74) is 3.19. The Morgan fingerprint density at radius 2 is 2.16 bits per heavy atom. The lowest BCUT2D eigenvalue weighted by molar-refractivity contribution is 0.128. The van der Waals surface area contributed by atoms with Gasteiger partial charge in [-0.1, -0.05) is 30.7 Å². The molecular formula is C17H26N2. The third-order valence-corrected chi connectivity index (χ3v) is 4.89. The van der Waals surface area contributed by atoms with Crippen molar-refractivity contribution >= 4 is 0 Å². The molecule has 1 aliphatic carbocycles. The maximum absolute atomic E-state index is 3.31. The molecule has 1 aliphatic heterocycles. The number of piperidine rings is 1. The second-order valence-electron chi connectivity index (χ2n) is 6.14. The standard InChI is InChI=1S/C17H26N2/c1-18-10-9-16-7-4-5-11-19(16)13-15-12-14-6-2-3-8-17(14)15/h2-3,6,8,15-16,18H,4-5,7,9-13H2,1H3. The van der Waals surface area contributed by atoms with Gasteiger partial charge in [0.2, 0.25) is 0 Å². The smallest absolute Gasteiger partial charge is 0.0108 e. The van der Waals surface area contributed by atoms with Crippen molar-refractivity contribution in [1.82, 2.24) is 10.2 Å². The van der Waals surface area contributed by atoms with E-state index in [0.29, 0.717) is 0 Å². The topological polar surface area (TPSA) is 15.3 Å². The van der Waals surface area contributed by atoms with Crippen LogP contribution in [0.15, 0.2) is 24.3 Å². The second-order valence-corrected chi connectivity index (χ2v) is 6.14. The van der Waals surface area contributed by atoms with Gasteiger partial charge in [-0.25, -0.2) is 0 Å². The lowest BCUT2D eigenvalue weighted by atomic mass is 9.77. The molecule has 104 valence electrons. The molecule has 1 saturated heterocycles. The Morgan fingerprint density at radius 3 is 3.00 bits per heavy atom. The molecule has 1 aromatic rings. The maximum atomic E-state index is 3.31. The Bertz CT molecular complexity index is 415. The maximum Gasteiger partial charge on any atom is 0.0108 e. The second kappa shape index (κ2) is 6.06. The van der Waals surface area contributed by atoms with Crippen molar-refractivity contribution in [2.24, 2.45) is 0 Å². The van der Waals surface area contributed by atoms with Gasteiger partial charge in [-0.2, -0.15) is 0 Å². The van der Waals surface area contributed by atoms with Gasteiger partial charge in [0.15, 0.2) is 0 Å². The zero-order valence-electron chi connectivity index (χ0n) is 12.1. The minimum atomic E-state index is 0.798. The van der Waals surface area contributed by atoms with Crippen LogP contribution in [0.2, 0.25) is 0 Å². The van der Waals surface area contributed by atoms with Crippen LogP contribution in [-0.2, 0) is 6.42 Å². The largest absolute Gasteiger partial charge is 0.320 e.